The summed E-state index contributed by atoms with van der Waals surface area (Å²) < 4.78 is 5.64. The Labute approximate surface area is 146 Å². The van der Waals surface area contributed by atoms with E-state index in [-0.39, 0.29) is 5.78 Å². The van der Waals surface area contributed by atoms with Crippen LogP contribution >= 0.6 is 0 Å². The molecule has 3 nitrogen and oxygen atoms in total. The molecule has 0 heterocycles. The number of hydrogen-bond donors (Lipinski definition) is 1. The molecule has 0 radical (unpaired) electrons. The van der Waals surface area contributed by atoms with E-state index in [1.165, 1.54) is 0 Å². The molecule has 0 aliphatic rings. The Morgan fingerprint density at radius 3 is 2.67 bits per heavy atom. The quantitative estimate of drug-likeness (QED) is 0.321. The molecule has 0 aromatic heterocycles. The molecular weight excluding hydrogens is 298 g/mol. The molecule has 1 N–H and O–H groups in total. The predicted molar refractivity (Wildman–Crippen MR) is 102 cm³/mol. The third-order valence-electron chi connectivity index (χ3n) is 3.66. The first-order chi connectivity index (χ1) is 11.6. The number of rotatable bonds is 13. The van der Waals surface area contributed by atoms with Gasteiger partial charge in [-0.05, 0) is 49.6 Å². The van der Waals surface area contributed by atoms with Crippen LogP contribution in [0.25, 0.3) is 0 Å². The molecule has 0 aliphatic carbocycles. The molecule has 1 rings (SSSR count). The van der Waals surface area contributed by atoms with Gasteiger partial charge < -0.3 is 10.1 Å². The van der Waals surface area contributed by atoms with Gasteiger partial charge in [-0.2, -0.15) is 0 Å². The summed E-state index contributed by atoms with van der Waals surface area (Å²) in [5, 5.41) is 3.28. The lowest BCUT2D eigenvalue weighted by molar-refractivity contribution is 0.0978. The minimum absolute atomic E-state index is 0.215. The van der Waals surface area contributed by atoms with Crippen molar-refractivity contribution in [1.82, 2.24) is 5.32 Å². The van der Waals surface area contributed by atoms with Crippen LogP contribution in [0.4, 0.5) is 0 Å². The van der Waals surface area contributed by atoms with E-state index in [9.17, 15) is 4.79 Å². The summed E-state index contributed by atoms with van der Waals surface area (Å²) in [4.78, 5) is 12.1. The highest BCUT2D eigenvalue weighted by Gasteiger charge is 2.06. The van der Waals surface area contributed by atoms with Crippen molar-refractivity contribution in [3.05, 3.63) is 54.6 Å². The summed E-state index contributed by atoms with van der Waals surface area (Å²) >= 11 is 0. The Hall–Kier alpha value is -1.87. The van der Waals surface area contributed by atoms with E-state index in [0.29, 0.717) is 18.9 Å². The van der Waals surface area contributed by atoms with Gasteiger partial charge >= 0.3 is 0 Å². The summed E-state index contributed by atoms with van der Waals surface area (Å²) in [5.41, 5.74) is 0.771. The minimum atomic E-state index is 0.215. The largest absolute Gasteiger partial charge is 0.490 e. The maximum Gasteiger partial charge on any atom is 0.162 e. The Morgan fingerprint density at radius 1 is 1.25 bits per heavy atom. The van der Waals surface area contributed by atoms with E-state index >= 15 is 0 Å². The van der Waals surface area contributed by atoms with Gasteiger partial charge in [0.2, 0.25) is 0 Å². The fourth-order valence-corrected chi connectivity index (χ4v) is 2.24. The summed E-state index contributed by atoms with van der Waals surface area (Å²) in [6.45, 7) is 10.4. The molecule has 0 amide bonds. The molecule has 132 valence electrons. The molecule has 1 aromatic carbocycles. The van der Waals surface area contributed by atoms with Crippen LogP contribution in [0.5, 0.6) is 5.75 Å². The van der Waals surface area contributed by atoms with Crippen molar-refractivity contribution in [2.24, 2.45) is 5.92 Å². The zero-order chi connectivity index (χ0) is 17.6. The number of carbonyl (C=O) groups is 1. The molecule has 0 bridgehead atoms. The Balaban J connectivity index is 2.25. The Bertz CT molecular complexity index is 503. The zero-order valence-electron chi connectivity index (χ0n) is 15.1. The minimum Gasteiger partial charge on any atom is -0.490 e. The standard InChI is InChI=1S/C21H31NO2/c1-4-5-15-22-16-6-7-17-24-20-13-11-19(12-14-20)21(23)10-8-9-18(2)3/h4,6-7,11-14,18,22H,1,5,8-10,15-17H2,2-3H3/b7-6+. The van der Waals surface area contributed by atoms with Gasteiger partial charge in [0.05, 0.1) is 0 Å². The predicted octanol–water partition coefficient (Wildman–Crippen LogP) is 4.80. The summed E-state index contributed by atoms with van der Waals surface area (Å²) in [5.74, 6) is 1.66. The van der Waals surface area contributed by atoms with E-state index in [1.807, 2.05) is 36.4 Å². The van der Waals surface area contributed by atoms with Gasteiger partial charge in [-0.15, -0.1) is 6.58 Å². The monoisotopic (exact) mass is 329 g/mol. The molecule has 24 heavy (non-hydrogen) atoms. The number of hydrogen-bond acceptors (Lipinski definition) is 3. The maximum absolute atomic E-state index is 12.1. The van der Waals surface area contributed by atoms with Crippen molar-refractivity contribution < 1.29 is 9.53 Å². The molecule has 0 unspecified atom stereocenters. The van der Waals surface area contributed by atoms with Crippen LogP contribution < -0.4 is 10.1 Å². The molecule has 0 spiro atoms. The summed E-state index contributed by atoms with van der Waals surface area (Å²) in [7, 11) is 0. The van der Waals surface area contributed by atoms with Gasteiger partial charge in [0.15, 0.2) is 5.78 Å². The van der Waals surface area contributed by atoms with E-state index in [1.54, 1.807) is 0 Å². The molecule has 3 heteroatoms. The Morgan fingerprint density at radius 2 is 2.00 bits per heavy atom. The van der Waals surface area contributed by atoms with Gasteiger partial charge in [0, 0.05) is 18.5 Å². The second-order valence-corrected chi connectivity index (χ2v) is 6.30. The highest BCUT2D eigenvalue weighted by Crippen LogP contribution is 2.15. The number of benzene rings is 1. The molecule has 0 saturated heterocycles. The molecule has 1 aromatic rings. The third-order valence-corrected chi connectivity index (χ3v) is 3.66. The van der Waals surface area contributed by atoms with Crippen molar-refractivity contribution in [1.29, 1.82) is 0 Å². The lowest BCUT2D eigenvalue weighted by Crippen LogP contribution is -2.14. The van der Waals surface area contributed by atoms with Crippen LogP contribution in [0.3, 0.4) is 0 Å². The molecule has 0 fully saturated rings. The smallest absolute Gasteiger partial charge is 0.162 e. The fraction of sp³-hybridized carbons (Fsp3) is 0.476. The van der Waals surface area contributed by atoms with Crippen molar-refractivity contribution in [3.63, 3.8) is 0 Å². The van der Waals surface area contributed by atoms with E-state index in [4.69, 9.17) is 4.74 Å². The van der Waals surface area contributed by atoms with Crippen molar-refractivity contribution >= 4 is 5.78 Å². The van der Waals surface area contributed by atoms with Crippen LogP contribution in [0.1, 0.15) is 49.9 Å². The topological polar surface area (TPSA) is 38.3 Å². The van der Waals surface area contributed by atoms with E-state index in [2.05, 4.69) is 31.8 Å². The van der Waals surface area contributed by atoms with Crippen molar-refractivity contribution in [2.75, 3.05) is 19.7 Å². The van der Waals surface area contributed by atoms with Gasteiger partial charge in [-0.25, -0.2) is 0 Å². The van der Waals surface area contributed by atoms with Crippen molar-refractivity contribution in [2.45, 2.75) is 39.5 Å². The molecule has 0 saturated carbocycles. The first-order valence-corrected chi connectivity index (χ1v) is 8.86. The first kappa shape index (κ1) is 20.2. The second-order valence-electron chi connectivity index (χ2n) is 6.30. The molecular formula is C21H31NO2. The van der Waals surface area contributed by atoms with Gasteiger partial charge in [-0.3, -0.25) is 4.79 Å². The number of carbonyl (C=O) groups excluding carboxylic acids is 1. The lowest BCUT2D eigenvalue weighted by atomic mass is 10.0. The number of nitrogens with one attached hydrogen (secondary N) is 1. The summed E-state index contributed by atoms with van der Waals surface area (Å²) in [6.07, 6.45) is 9.61. The highest BCUT2D eigenvalue weighted by atomic mass is 16.5. The number of ketones is 1. The van der Waals surface area contributed by atoms with E-state index in [0.717, 1.165) is 43.7 Å². The second kappa shape index (κ2) is 12.5. The number of ether oxygens (including phenoxy) is 1. The summed E-state index contributed by atoms with van der Waals surface area (Å²) in [6, 6.07) is 7.44. The van der Waals surface area contributed by atoms with Crippen LogP contribution in [0.15, 0.2) is 49.1 Å². The van der Waals surface area contributed by atoms with Crippen LogP contribution in [0.2, 0.25) is 0 Å². The van der Waals surface area contributed by atoms with Gasteiger partial charge in [-0.1, -0.05) is 38.5 Å². The highest BCUT2D eigenvalue weighted by molar-refractivity contribution is 5.96. The van der Waals surface area contributed by atoms with Crippen molar-refractivity contribution in [3.8, 4) is 5.75 Å². The first-order valence-electron chi connectivity index (χ1n) is 8.86. The van der Waals surface area contributed by atoms with Crippen LogP contribution in [-0.4, -0.2) is 25.5 Å². The SMILES string of the molecule is C=CCCNC/C=C/COc1ccc(C(=O)CCCC(C)C)cc1. The average molecular weight is 329 g/mol. The lowest BCUT2D eigenvalue weighted by Gasteiger charge is -2.06. The van der Waals surface area contributed by atoms with Crippen LogP contribution in [-0.2, 0) is 0 Å². The normalized spacial score (nSPS) is 11.1. The Kier molecular flexibility index (Phi) is 10.5. The molecule has 0 atom stereocenters. The third kappa shape index (κ3) is 9.31. The number of Topliss-reactive ketones (excluding diaryl/α,β-unsaturated/α-hetero) is 1. The fourth-order valence-electron chi connectivity index (χ4n) is 2.24. The van der Waals surface area contributed by atoms with Gasteiger partial charge in [0.25, 0.3) is 0 Å². The average Bonchev–Trinajstić information content (AvgIpc) is 2.57. The van der Waals surface area contributed by atoms with E-state index < -0.39 is 0 Å². The van der Waals surface area contributed by atoms with Crippen LogP contribution in [0, 0.1) is 5.92 Å². The van der Waals surface area contributed by atoms with Gasteiger partial charge in [0.1, 0.15) is 12.4 Å². The zero-order valence-corrected chi connectivity index (χ0v) is 15.1. The maximum atomic E-state index is 12.1. The molecule has 0 aliphatic heterocycles.